The monoisotopic (exact) mass is 215 g/mol. The van der Waals surface area contributed by atoms with Gasteiger partial charge in [0, 0.05) is 25.4 Å². The van der Waals surface area contributed by atoms with E-state index in [9.17, 15) is 14.7 Å². The van der Waals surface area contributed by atoms with Crippen LogP contribution in [-0.2, 0) is 9.59 Å². The Morgan fingerprint density at radius 2 is 2.13 bits per heavy atom. The Morgan fingerprint density at radius 3 is 2.60 bits per heavy atom. The van der Waals surface area contributed by atoms with Gasteiger partial charge in [0.05, 0.1) is 12.5 Å². The summed E-state index contributed by atoms with van der Waals surface area (Å²) in [5.41, 5.74) is 0. The zero-order chi connectivity index (χ0) is 11.4. The highest BCUT2D eigenvalue weighted by Crippen LogP contribution is 2.20. The minimum Gasteiger partial charge on any atom is -0.481 e. The zero-order valence-corrected chi connectivity index (χ0v) is 8.85. The van der Waals surface area contributed by atoms with Gasteiger partial charge >= 0.3 is 5.97 Å². The number of aliphatic hydroxyl groups is 1. The second-order valence-electron chi connectivity index (χ2n) is 4.02. The van der Waals surface area contributed by atoms with E-state index in [1.54, 1.807) is 11.8 Å². The first-order valence-electron chi connectivity index (χ1n) is 5.18. The lowest BCUT2D eigenvalue weighted by Crippen LogP contribution is -2.30. The predicted molar refractivity (Wildman–Crippen MR) is 53.2 cm³/mol. The number of likely N-dealkylation sites (tertiary alicyclic amines) is 1. The van der Waals surface area contributed by atoms with Gasteiger partial charge in [-0.15, -0.1) is 0 Å². The number of aliphatic hydroxyl groups excluding tert-OH is 1. The van der Waals surface area contributed by atoms with Crippen molar-refractivity contribution in [2.75, 3.05) is 13.1 Å². The van der Waals surface area contributed by atoms with Gasteiger partial charge in [0.1, 0.15) is 0 Å². The van der Waals surface area contributed by atoms with E-state index in [-0.39, 0.29) is 24.7 Å². The maximum Gasteiger partial charge on any atom is 0.303 e. The lowest BCUT2D eigenvalue weighted by atomic mass is 10.0. The van der Waals surface area contributed by atoms with Gasteiger partial charge in [0.25, 0.3) is 0 Å². The maximum atomic E-state index is 11.5. The van der Waals surface area contributed by atoms with E-state index in [4.69, 9.17) is 5.11 Å². The number of carbonyl (C=O) groups is 2. The molecule has 0 aliphatic carbocycles. The van der Waals surface area contributed by atoms with E-state index in [1.807, 2.05) is 0 Å². The van der Waals surface area contributed by atoms with E-state index < -0.39 is 12.1 Å². The second-order valence-corrected chi connectivity index (χ2v) is 4.02. The predicted octanol–water partition coefficient (Wildman–Crippen LogP) is 0.0805. The van der Waals surface area contributed by atoms with E-state index in [1.165, 1.54) is 0 Å². The lowest BCUT2D eigenvalue weighted by Gasteiger charge is -2.17. The molecular weight excluding hydrogens is 198 g/mol. The molecule has 15 heavy (non-hydrogen) atoms. The molecule has 0 radical (unpaired) electrons. The van der Waals surface area contributed by atoms with E-state index >= 15 is 0 Å². The van der Waals surface area contributed by atoms with E-state index in [2.05, 4.69) is 0 Å². The molecule has 0 spiro atoms. The van der Waals surface area contributed by atoms with Crippen LogP contribution in [0.5, 0.6) is 0 Å². The van der Waals surface area contributed by atoms with Gasteiger partial charge < -0.3 is 15.1 Å². The quantitative estimate of drug-likeness (QED) is 0.696. The van der Waals surface area contributed by atoms with E-state index in [0.717, 1.165) is 6.42 Å². The molecule has 0 aromatic rings. The molecule has 1 saturated heterocycles. The molecule has 5 nitrogen and oxygen atoms in total. The van der Waals surface area contributed by atoms with Gasteiger partial charge in [-0.25, -0.2) is 0 Å². The Hall–Kier alpha value is -1.10. The first-order valence-corrected chi connectivity index (χ1v) is 5.18. The third-order valence-electron chi connectivity index (χ3n) is 2.81. The van der Waals surface area contributed by atoms with Crippen molar-refractivity contribution in [1.29, 1.82) is 0 Å². The first-order chi connectivity index (χ1) is 7.00. The summed E-state index contributed by atoms with van der Waals surface area (Å²) in [5.74, 6) is -0.936. The van der Waals surface area contributed by atoms with E-state index in [0.29, 0.717) is 13.1 Å². The van der Waals surface area contributed by atoms with Crippen LogP contribution in [0.3, 0.4) is 0 Å². The Balaban J connectivity index is 2.33. The second kappa shape index (κ2) is 5.11. The van der Waals surface area contributed by atoms with Gasteiger partial charge in [0.15, 0.2) is 0 Å². The Labute approximate surface area is 88.7 Å². The molecule has 1 aliphatic rings. The van der Waals surface area contributed by atoms with Crippen molar-refractivity contribution in [3.63, 3.8) is 0 Å². The molecule has 0 aromatic carbocycles. The van der Waals surface area contributed by atoms with Gasteiger partial charge in [-0.2, -0.15) is 0 Å². The summed E-state index contributed by atoms with van der Waals surface area (Å²) in [7, 11) is 0. The third-order valence-corrected chi connectivity index (χ3v) is 2.81. The van der Waals surface area contributed by atoms with Crippen molar-refractivity contribution < 1.29 is 19.8 Å². The summed E-state index contributed by atoms with van der Waals surface area (Å²) in [6, 6.07) is 0. The van der Waals surface area contributed by atoms with Crippen molar-refractivity contribution >= 4 is 11.9 Å². The summed E-state index contributed by atoms with van der Waals surface area (Å²) in [6.45, 7) is 2.90. The Bertz CT molecular complexity index is 252. The smallest absolute Gasteiger partial charge is 0.303 e. The van der Waals surface area contributed by atoms with Crippen LogP contribution < -0.4 is 0 Å². The molecule has 1 rings (SSSR count). The number of carboxylic acid groups (broad SMARTS) is 1. The van der Waals surface area contributed by atoms with Crippen LogP contribution in [0.2, 0.25) is 0 Å². The van der Waals surface area contributed by atoms with Crippen LogP contribution in [0, 0.1) is 5.92 Å². The summed E-state index contributed by atoms with van der Waals surface area (Å²) in [6.07, 6.45) is 0.342. The fraction of sp³-hybridized carbons (Fsp3) is 0.800. The van der Waals surface area contributed by atoms with Crippen molar-refractivity contribution in [1.82, 2.24) is 4.90 Å². The molecular formula is C10H17NO4. The summed E-state index contributed by atoms with van der Waals surface area (Å²) >= 11 is 0. The average molecular weight is 215 g/mol. The molecule has 2 atom stereocenters. The summed E-state index contributed by atoms with van der Waals surface area (Å²) < 4.78 is 0. The van der Waals surface area contributed by atoms with Crippen LogP contribution in [-0.4, -0.2) is 46.2 Å². The van der Waals surface area contributed by atoms with Gasteiger partial charge in [-0.05, 0) is 13.3 Å². The fourth-order valence-electron chi connectivity index (χ4n) is 1.78. The molecule has 1 amide bonds. The fourth-order valence-corrected chi connectivity index (χ4v) is 1.78. The Kier molecular flexibility index (Phi) is 4.08. The number of carboxylic acids is 1. The molecule has 2 unspecified atom stereocenters. The number of carbonyl (C=O) groups excluding carboxylic acids is 1. The standard InChI is InChI=1S/C10H17NO4/c1-7(12)8-4-5-11(6-8)9(13)2-3-10(14)15/h7-8,12H,2-6H2,1H3,(H,14,15). The number of aliphatic carboxylic acids is 1. The minimum absolute atomic E-state index is 0.0574. The topological polar surface area (TPSA) is 77.8 Å². The van der Waals surface area contributed by atoms with Crippen LogP contribution in [0.15, 0.2) is 0 Å². The third kappa shape index (κ3) is 3.51. The summed E-state index contributed by atoms with van der Waals surface area (Å²) in [4.78, 5) is 23.4. The molecule has 0 aromatic heterocycles. The Morgan fingerprint density at radius 1 is 1.47 bits per heavy atom. The first kappa shape index (κ1) is 12.0. The number of hydrogen-bond acceptors (Lipinski definition) is 3. The minimum atomic E-state index is -0.949. The normalized spacial score (nSPS) is 22.8. The van der Waals surface area contributed by atoms with Crippen molar-refractivity contribution in [2.24, 2.45) is 5.92 Å². The molecule has 2 N–H and O–H groups in total. The molecule has 86 valence electrons. The van der Waals surface area contributed by atoms with Crippen molar-refractivity contribution in [3.8, 4) is 0 Å². The van der Waals surface area contributed by atoms with Gasteiger partial charge in [0.2, 0.25) is 5.91 Å². The highest BCUT2D eigenvalue weighted by atomic mass is 16.4. The van der Waals surface area contributed by atoms with Crippen LogP contribution >= 0.6 is 0 Å². The zero-order valence-electron chi connectivity index (χ0n) is 8.85. The molecule has 1 fully saturated rings. The van der Waals surface area contributed by atoms with Gasteiger partial charge in [-0.1, -0.05) is 0 Å². The van der Waals surface area contributed by atoms with Crippen LogP contribution in [0.1, 0.15) is 26.2 Å². The van der Waals surface area contributed by atoms with Crippen LogP contribution in [0.4, 0.5) is 0 Å². The van der Waals surface area contributed by atoms with Crippen molar-refractivity contribution in [3.05, 3.63) is 0 Å². The number of amides is 1. The van der Waals surface area contributed by atoms with Crippen LogP contribution in [0.25, 0.3) is 0 Å². The largest absolute Gasteiger partial charge is 0.481 e. The number of rotatable bonds is 4. The SMILES string of the molecule is CC(O)C1CCN(C(=O)CCC(=O)O)C1. The summed E-state index contributed by atoms with van der Waals surface area (Å²) in [5, 5.41) is 17.8. The number of hydrogen-bond donors (Lipinski definition) is 2. The highest BCUT2D eigenvalue weighted by molar-refractivity contribution is 5.80. The molecule has 5 heteroatoms. The molecule has 1 aliphatic heterocycles. The maximum absolute atomic E-state index is 11.5. The molecule has 1 heterocycles. The average Bonchev–Trinajstić information content (AvgIpc) is 2.62. The molecule has 0 bridgehead atoms. The molecule has 0 saturated carbocycles. The van der Waals surface area contributed by atoms with Gasteiger partial charge in [-0.3, -0.25) is 9.59 Å². The van der Waals surface area contributed by atoms with Crippen molar-refractivity contribution in [2.45, 2.75) is 32.3 Å². The highest BCUT2D eigenvalue weighted by Gasteiger charge is 2.28. The number of nitrogens with zero attached hydrogens (tertiary/aromatic N) is 1. The lowest BCUT2D eigenvalue weighted by molar-refractivity contribution is -0.140.